The van der Waals surface area contributed by atoms with E-state index in [1.807, 2.05) is 66.7 Å². The van der Waals surface area contributed by atoms with Crippen molar-refractivity contribution in [1.29, 1.82) is 0 Å². The van der Waals surface area contributed by atoms with Crippen molar-refractivity contribution in [3.8, 4) is 0 Å². The van der Waals surface area contributed by atoms with Gasteiger partial charge in [0.2, 0.25) is 7.37 Å². The molecule has 0 heterocycles. The summed E-state index contributed by atoms with van der Waals surface area (Å²) in [5.41, 5.74) is 1.00. The smallest absolute Gasteiger partial charge is 0.261 e. The maximum Gasteiger partial charge on any atom is 0.261 e. The third kappa shape index (κ3) is 6.16. The lowest BCUT2D eigenvalue weighted by Crippen LogP contribution is -2.68. The van der Waals surface area contributed by atoms with Crippen LogP contribution in [0.2, 0.25) is 5.04 Å². The molecule has 192 valence electrons. The van der Waals surface area contributed by atoms with Crippen molar-refractivity contribution in [3.63, 3.8) is 0 Å². The molecule has 0 saturated heterocycles. The summed E-state index contributed by atoms with van der Waals surface area (Å²) in [5, 5.41) is 13.6. The molecule has 0 amide bonds. The van der Waals surface area contributed by atoms with E-state index in [-0.39, 0.29) is 17.8 Å². The maximum atomic E-state index is 13.9. The van der Waals surface area contributed by atoms with Gasteiger partial charge in [0.05, 0.1) is 12.7 Å². The first-order valence-corrected chi connectivity index (χ1v) is 16.3. The quantitative estimate of drug-likeness (QED) is 0.180. The van der Waals surface area contributed by atoms with Gasteiger partial charge in [0, 0.05) is 12.6 Å². The van der Waals surface area contributed by atoms with Gasteiger partial charge >= 0.3 is 0 Å². The normalized spacial score (nSPS) is 15.6. The molecular weight excluding hydrogens is 483 g/mol. The molecule has 36 heavy (non-hydrogen) atoms. The second-order valence-electron chi connectivity index (χ2n) is 10.0. The van der Waals surface area contributed by atoms with Crippen molar-refractivity contribution in [3.05, 3.63) is 109 Å². The highest BCUT2D eigenvalue weighted by Gasteiger charge is 2.53. The van der Waals surface area contributed by atoms with Gasteiger partial charge in [-0.05, 0) is 27.9 Å². The molecule has 0 aliphatic heterocycles. The van der Waals surface area contributed by atoms with Crippen LogP contribution >= 0.6 is 7.37 Å². The van der Waals surface area contributed by atoms with Crippen molar-refractivity contribution in [2.45, 2.75) is 51.1 Å². The molecule has 0 bridgehead atoms. The zero-order chi connectivity index (χ0) is 26.2. The van der Waals surface area contributed by atoms with E-state index in [9.17, 15) is 9.67 Å². The molecule has 1 N–H and O–H groups in total. The molecule has 0 saturated carbocycles. The van der Waals surface area contributed by atoms with Gasteiger partial charge < -0.3 is 14.1 Å². The molecule has 3 rings (SSSR count). The Hall–Kier alpha value is -2.27. The summed E-state index contributed by atoms with van der Waals surface area (Å²) >= 11 is 0. The van der Waals surface area contributed by atoms with E-state index < -0.39 is 27.6 Å². The minimum atomic E-state index is -3.49. The van der Waals surface area contributed by atoms with Gasteiger partial charge in [-0.3, -0.25) is 4.57 Å². The molecule has 0 radical (unpaired) electrons. The first kappa shape index (κ1) is 28.3. The Morgan fingerprint density at radius 3 is 1.81 bits per heavy atom. The number of hydrogen-bond acceptors (Lipinski definition) is 4. The van der Waals surface area contributed by atoms with Crippen molar-refractivity contribution in [2.24, 2.45) is 0 Å². The first-order valence-electron chi connectivity index (χ1n) is 12.5. The van der Waals surface area contributed by atoms with Crippen molar-refractivity contribution in [1.82, 2.24) is 0 Å². The van der Waals surface area contributed by atoms with Gasteiger partial charge in [-0.1, -0.05) is 118 Å². The van der Waals surface area contributed by atoms with E-state index in [1.54, 1.807) is 13.0 Å². The van der Waals surface area contributed by atoms with Crippen LogP contribution in [-0.4, -0.2) is 38.1 Å². The Balaban J connectivity index is 2.23. The van der Waals surface area contributed by atoms with Crippen LogP contribution in [0.15, 0.2) is 104 Å². The topological polar surface area (TPSA) is 55.8 Å². The minimum absolute atomic E-state index is 0.0808. The van der Waals surface area contributed by atoms with Gasteiger partial charge in [0.25, 0.3) is 8.32 Å². The predicted octanol–water partition coefficient (Wildman–Crippen LogP) is 5.99. The fourth-order valence-electron chi connectivity index (χ4n) is 4.86. The van der Waals surface area contributed by atoms with E-state index in [0.717, 1.165) is 15.9 Å². The Morgan fingerprint density at radius 1 is 0.917 bits per heavy atom. The van der Waals surface area contributed by atoms with Crippen LogP contribution in [-0.2, 0) is 19.9 Å². The van der Waals surface area contributed by atoms with Crippen molar-refractivity contribution in [2.75, 3.05) is 12.8 Å². The largest absolute Gasteiger partial charge is 0.401 e. The molecule has 3 aromatic carbocycles. The predicted molar refractivity (Wildman–Crippen MR) is 153 cm³/mol. The fourth-order valence-corrected chi connectivity index (χ4v) is 11.6. The zero-order valence-electron chi connectivity index (χ0n) is 21.8. The Labute approximate surface area is 217 Å². The van der Waals surface area contributed by atoms with Gasteiger partial charge in [-0.25, -0.2) is 0 Å². The molecule has 3 atom stereocenters. The Bertz CT molecular complexity index is 1090. The first-order chi connectivity index (χ1) is 17.2. The summed E-state index contributed by atoms with van der Waals surface area (Å²) in [7, 11) is -6.51. The van der Waals surface area contributed by atoms with Crippen molar-refractivity contribution < 1.29 is 18.6 Å². The summed E-state index contributed by atoms with van der Waals surface area (Å²) in [6.45, 7) is 12.4. The molecule has 0 spiro atoms. The fraction of sp³-hybridized carbons (Fsp3) is 0.333. The second-order valence-corrected chi connectivity index (χ2v) is 16.9. The van der Waals surface area contributed by atoms with E-state index in [0.29, 0.717) is 6.42 Å². The van der Waals surface area contributed by atoms with Gasteiger partial charge in [-0.2, -0.15) is 0 Å². The highest BCUT2D eigenvalue weighted by Crippen LogP contribution is 2.53. The number of aliphatic hydroxyl groups is 1. The van der Waals surface area contributed by atoms with E-state index in [2.05, 4.69) is 51.6 Å². The third-order valence-electron chi connectivity index (χ3n) is 6.49. The standard InChI is InChI=1S/C30H39O4PSi/c1-6-23-35(32,33-7-2)29(31)28(24-25-17-11-8-12-18-25)34-36(30(3,4)5,26-19-13-9-14-20-26)27-21-15-10-16-22-27/h6,8-22,28-29,31H,1,7,23-24H2,2-5H3/t28-,29+,35?/m0/s1. The lowest BCUT2D eigenvalue weighted by molar-refractivity contribution is 0.0678. The highest BCUT2D eigenvalue weighted by molar-refractivity contribution is 7.59. The lowest BCUT2D eigenvalue weighted by atomic mass is 10.1. The lowest BCUT2D eigenvalue weighted by Gasteiger charge is -2.46. The average Bonchev–Trinajstić information content (AvgIpc) is 2.87. The van der Waals surface area contributed by atoms with Crippen LogP contribution in [0, 0.1) is 0 Å². The summed E-state index contributed by atoms with van der Waals surface area (Å²) in [6, 6.07) is 30.5. The number of hydrogen-bond donors (Lipinski definition) is 1. The average molecular weight is 523 g/mol. The van der Waals surface area contributed by atoms with Crippen LogP contribution in [0.1, 0.15) is 33.3 Å². The second kappa shape index (κ2) is 12.3. The van der Waals surface area contributed by atoms with Gasteiger partial charge in [0.15, 0.2) is 5.85 Å². The molecule has 6 heteroatoms. The molecule has 1 unspecified atom stereocenters. The van der Waals surface area contributed by atoms with E-state index in [1.165, 1.54) is 0 Å². The van der Waals surface area contributed by atoms with Crippen LogP contribution < -0.4 is 10.4 Å². The monoisotopic (exact) mass is 522 g/mol. The minimum Gasteiger partial charge on any atom is -0.401 e. The van der Waals surface area contributed by atoms with Crippen LogP contribution in [0.3, 0.4) is 0 Å². The SMILES string of the molecule is C=CCP(=O)(OCC)[C@@H](O)[C@H](Cc1ccccc1)O[Si](c1ccccc1)(c1ccccc1)C(C)(C)C. The Morgan fingerprint density at radius 2 is 1.39 bits per heavy atom. The summed E-state index contributed by atoms with van der Waals surface area (Å²) in [6.07, 6.45) is 1.29. The van der Waals surface area contributed by atoms with E-state index >= 15 is 0 Å². The van der Waals surface area contributed by atoms with Crippen LogP contribution in [0.4, 0.5) is 0 Å². The molecule has 3 aromatic rings. The number of aliphatic hydroxyl groups excluding tert-OH is 1. The molecule has 0 aliphatic carbocycles. The van der Waals surface area contributed by atoms with Gasteiger partial charge in [0.1, 0.15) is 0 Å². The molecular formula is C30H39O4PSi. The van der Waals surface area contributed by atoms with Crippen LogP contribution in [0.5, 0.6) is 0 Å². The summed E-state index contributed by atoms with van der Waals surface area (Å²) in [5.74, 6) is -1.31. The third-order valence-corrected chi connectivity index (χ3v) is 14.2. The number of rotatable bonds is 12. The molecule has 0 aromatic heterocycles. The number of allylic oxidation sites excluding steroid dienone is 1. The molecule has 4 nitrogen and oxygen atoms in total. The zero-order valence-corrected chi connectivity index (χ0v) is 23.7. The van der Waals surface area contributed by atoms with Gasteiger partial charge in [-0.15, -0.1) is 6.58 Å². The van der Waals surface area contributed by atoms with E-state index in [4.69, 9.17) is 8.95 Å². The summed E-state index contributed by atoms with van der Waals surface area (Å²) in [4.78, 5) is 0. The summed E-state index contributed by atoms with van der Waals surface area (Å²) < 4.78 is 27.0. The Kier molecular flexibility index (Phi) is 9.68. The number of benzene rings is 3. The molecule has 0 aliphatic rings. The van der Waals surface area contributed by atoms with Crippen molar-refractivity contribution >= 4 is 26.1 Å². The van der Waals surface area contributed by atoms with Crippen LogP contribution in [0.25, 0.3) is 0 Å². The maximum absolute atomic E-state index is 13.9. The highest BCUT2D eigenvalue weighted by atomic mass is 31.2. The molecule has 0 fully saturated rings.